The number of nitrogens with two attached hydrogens (primary N) is 1. The predicted octanol–water partition coefficient (Wildman–Crippen LogP) is 2.46. The van der Waals surface area contributed by atoms with Gasteiger partial charge in [0.05, 0.1) is 0 Å². The molecule has 0 atom stereocenters. The summed E-state index contributed by atoms with van der Waals surface area (Å²) in [4.78, 5) is 6.90. The maximum Gasteiger partial charge on any atom is 0.193 e. The Morgan fingerprint density at radius 1 is 1.35 bits per heavy atom. The Balaban J connectivity index is 1.72. The van der Waals surface area contributed by atoms with Gasteiger partial charge >= 0.3 is 0 Å². The smallest absolute Gasteiger partial charge is 0.193 e. The van der Waals surface area contributed by atoms with Crippen LogP contribution in [-0.2, 0) is 6.42 Å². The second-order valence-electron chi connectivity index (χ2n) is 5.35. The number of aryl methyl sites for hydroxylation is 1. The Bertz CT molecular complexity index is 436. The number of likely N-dealkylation sites (tertiary alicyclic amines) is 1. The van der Waals surface area contributed by atoms with Gasteiger partial charge in [-0.15, -0.1) is 0 Å². The number of nitrogens with one attached hydrogen (secondary N) is 1. The second-order valence-corrected chi connectivity index (χ2v) is 5.35. The van der Waals surface area contributed by atoms with Crippen molar-refractivity contribution in [3.05, 3.63) is 29.8 Å². The van der Waals surface area contributed by atoms with E-state index in [-0.39, 0.29) is 0 Å². The molecule has 0 aromatic heterocycles. The van der Waals surface area contributed by atoms with E-state index in [4.69, 9.17) is 5.73 Å². The Morgan fingerprint density at radius 3 is 2.90 bits per heavy atom. The van der Waals surface area contributed by atoms with Crippen molar-refractivity contribution in [2.24, 2.45) is 10.7 Å². The molecule has 0 bridgehead atoms. The van der Waals surface area contributed by atoms with Gasteiger partial charge in [-0.05, 0) is 63.0 Å². The summed E-state index contributed by atoms with van der Waals surface area (Å²) >= 11 is 0. The topological polar surface area (TPSA) is 53.6 Å². The Labute approximate surface area is 122 Å². The molecule has 1 aliphatic heterocycles. The zero-order chi connectivity index (χ0) is 14.2. The normalized spacial score (nSPS) is 16.6. The molecule has 4 nitrogen and oxygen atoms in total. The SMILES string of the molecule is CCc1cccc(NC(N)=NCCCN2CCCC2)c1. The van der Waals surface area contributed by atoms with E-state index < -0.39 is 0 Å². The Morgan fingerprint density at radius 2 is 2.15 bits per heavy atom. The highest BCUT2D eigenvalue weighted by atomic mass is 15.1. The first-order chi connectivity index (χ1) is 9.78. The van der Waals surface area contributed by atoms with E-state index in [1.807, 2.05) is 12.1 Å². The molecule has 1 aromatic carbocycles. The fourth-order valence-corrected chi connectivity index (χ4v) is 2.56. The van der Waals surface area contributed by atoms with Crippen molar-refractivity contribution in [2.75, 3.05) is 31.5 Å². The van der Waals surface area contributed by atoms with Gasteiger partial charge in [0, 0.05) is 12.2 Å². The van der Waals surface area contributed by atoms with Crippen molar-refractivity contribution in [3.63, 3.8) is 0 Å². The van der Waals surface area contributed by atoms with Gasteiger partial charge in [0.2, 0.25) is 0 Å². The minimum atomic E-state index is 0.514. The summed E-state index contributed by atoms with van der Waals surface area (Å²) in [5.74, 6) is 0.514. The molecule has 1 fully saturated rings. The number of aliphatic imine (C=N–C) groups is 1. The molecule has 3 N–H and O–H groups in total. The lowest BCUT2D eigenvalue weighted by Crippen LogP contribution is -2.24. The molecule has 2 rings (SSSR count). The van der Waals surface area contributed by atoms with E-state index in [1.54, 1.807) is 0 Å². The third kappa shape index (κ3) is 4.85. The third-order valence-electron chi connectivity index (χ3n) is 3.72. The molecule has 0 aliphatic carbocycles. The van der Waals surface area contributed by atoms with Crippen LogP contribution in [0.1, 0.15) is 31.7 Å². The molecule has 0 saturated carbocycles. The van der Waals surface area contributed by atoms with Crippen LogP contribution in [0, 0.1) is 0 Å². The Kier molecular flexibility index (Phi) is 5.87. The lowest BCUT2D eigenvalue weighted by Gasteiger charge is -2.13. The lowest BCUT2D eigenvalue weighted by atomic mass is 10.1. The summed E-state index contributed by atoms with van der Waals surface area (Å²) in [5, 5.41) is 3.16. The highest BCUT2D eigenvalue weighted by Crippen LogP contribution is 2.10. The van der Waals surface area contributed by atoms with E-state index in [0.29, 0.717) is 5.96 Å². The van der Waals surface area contributed by atoms with Gasteiger partial charge in [-0.2, -0.15) is 0 Å². The summed E-state index contributed by atoms with van der Waals surface area (Å²) in [7, 11) is 0. The Hall–Kier alpha value is -1.55. The molecule has 1 aliphatic rings. The summed E-state index contributed by atoms with van der Waals surface area (Å²) < 4.78 is 0. The van der Waals surface area contributed by atoms with Crippen LogP contribution >= 0.6 is 0 Å². The van der Waals surface area contributed by atoms with Crippen molar-refractivity contribution in [1.82, 2.24) is 4.90 Å². The highest BCUT2D eigenvalue weighted by Gasteiger charge is 2.09. The molecule has 0 radical (unpaired) electrons. The summed E-state index contributed by atoms with van der Waals surface area (Å²) in [5.41, 5.74) is 8.24. The van der Waals surface area contributed by atoms with E-state index in [0.717, 1.165) is 31.6 Å². The van der Waals surface area contributed by atoms with Crippen LogP contribution in [0.2, 0.25) is 0 Å². The first-order valence-electron chi connectivity index (χ1n) is 7.66. The molecule has 1 heterocycles. The molecule has 0 amide bonds. The van der Waals surface area contributed by atoms with Crippen LogP contribution in [-0.4, -0.2) is 37.0 Å². The average molecular weight is 274 g/mol. The number of hydrogen-bond acceptors (Lipinski definition) is 2. The molecule has 20 heavy (non-hydrogen) atoms. The second kappa shape index (κ2) is 7.90. The summed E-state index contributed by atoms with van der Waals surface area (Å²) in [6.45, 7) is 6.59. The van der Waals surface area contributed by atoms with Gasteiger partial charge in [0.25, 0.3) is 0 Å². The van der Waals surface area contributed by atoms with Crippen LogP contribution in [0.5, 0.6) is 0 Å². The minimum Gasteiger partial charge on any atom is -0.370 e. The zero-order valence-corrected chi connectivity index (χ0v) is 12.4. The van der Waals surface area contributed by atoms with Gasteiger partial charge in [0.15, 0.2) is 5.96 Å². The fourth-order valence-electron chi connectivity index (χ4n) is 2.56. The summed E-state index contributed by atoms with van der Waals surface area (Å²) in [6, 6.07) is 8.30. The van der Waals surface area contributed by atoms with Crippen molar-refractivity contribution < 1.29 is 0 Å². The summed E-state index contributed by atoms with van der Waals surface area (Å²) in [6.07, 6.45) is 4.81. The van der Waals surface area contributed by atoms with Gasteiger partial charge in [-0.25, -0.2) is 0 Å². The quantitative estimate of drug-likeness (QED) is 0.476. The molecule has 0 unspecified atom stereocenters. The standard InChI is InChI=1S/C16H26N4/c1-2-14-7-5-8-15(13-14)19-16(17)18-9-6-12-20-10-3-4-11-20/h5,7-8,13H,2-4,6,9-12H2,1H3,(H3,17,18,19). The molecule has 0 spiro atoms. The van der Waals surface area contributed by atoms with Crippen molar-refractivity contribution in [1.29, 1.82) is 0 Å². The molecular formula is C16H26N4. The number of nitrogens with zero attached hydrogens (tertiary/aromatic N) is 2. The van der Waals surface area contributed by atoms with Gasteiger partial charge in [-0.3, -0.25) is 4.99 Å². The van der Waals surface area contributed by atoms with Crippen LogP contribution in [0.25, 0.3) is 0 Å². The molecular weight excluding hydrogens is 248 g/mol. The number of benzene rings is 1. The fraction of sp³-hybridized carbons (Fsp3) is 0.562. The number of hydrogen-bond donors (Lipinski definition) is 2. The van der Waals surface area contributed by atoms with Crippen LogP contribution in [0.3, 0.4) is 0 Å². The lowest BCUT2D eigenvalue weighted by molar-refractivity contribution is 0.336. The van der Waals surface area contributed by atoms with Gasteiger partial charge in [0.1, 0.15) is 0 Å². The van der Waals surface area contributed by atoms with Crippen LogP contribution in [0.15, 0.2) is 29.3 Å². The van der Waals surface area contributed by atoms with Crippen molar-refractivity contribution >= 4 is 11.6 Å². The van der Waals surface area contributed by atoms with Gasteiger partial charge < -0.3 is 16.0 Å². The van der Waals surface area contributed by atoms with E-state index in [2.05, 4.69) is 34.3 Å². The molecule has 1 aromatic rings. The number of rotatable bonds is 6. The maximum absolute atomic E-state index is 5.92. The van der Waals surface area contributed by atoms with Crippen molar-refractivity contribution in [3.8, 4) is 0 Å². The first-order valence-corrected chi connectivity index (χ1v) is 7.66. The molecule has 4 heteroatoms. The van der Waals surface area contributed by atoms with E-state index in [1.165, 1.54) is 31.5 Å². The predicted molar refractivity (Wildman–Crippen MR) is 86.2 cm³/mol. The molecule has 110 valence electrons. The van der Waals surface area contributed by atoms with Crippen LogP contribution in [0.4, 0.5) is 5.69 Å². The van der Waals surface area contributed by atoms with Gasteiger partial charge in [-0.1, -0.05) is 19.1 Å². The largest absolute Gasteiger partial charge is 0.370 e. The average Bonchev–Trinajstić information content (AvgIpc) is 2.97. The first kappa shape index (κ1) is 14.9. The van der Waals surface area contributed by atoms with Crippen molar-refractivity contribution in [2.45, 2.75) is 32.6 Å². The monoisotopic (exact) mass is 274 g/mol. The number of guanidine groups is 1. The third-order valence-corrected chi connectivity index (χ3v) is 3.72. The molecule has 1 saturated heterocycles. The zero-order valence-electron chi connectivity index (χ0n) is 12.4. The number of anilines is 1. The van der Waals surface area contributed by atoms with E-state index in [9.17, 15) is 0 Å². The highest BCUT2D eigenvalue weighted by molar-refractivity contribution is 5.92. The maximum atomic E-state index is 5.92. The van der Waals surface area contributed by atoms with E-state index >= 15 is 0 Å². The minimum absolute atomic E-state index is 0.514. The van der Waals surface area contributed by atoms with Crippen LogP contribution < -0.4 is 11.1 Å².